The molecule has 43 heavy (non-hydrogen) atoms. The topological polar surface area (TPSA) is 101 Å². The van der Waals surface area contributed by atoms with Gasteiger partial charge in [-0.15, -0.1) is 11.3 Å². The third-order valence-electron chi connectivity index (χ3n) is 6.81. The molecule has 2 N–H and O–H groups in total. The minimum atomic E-state index is -0.872. The lowest BCUT2D eigenvalue weighted by atomic mass is 9.93. The lowest BCUT2D eigenvalue weighted by molar-refractivity contribution is -0.136. The molecule has 0 amide bonds. The van der Waals surface area contributed by atoms with Crippen LogP contribution in [0.25, 0.3) is 54.2 Å². The normalized spacial score (nSPS) is 11.5. The first-order chi connectivity index (χ1) is 20.3. The molecule has 6 rings (SSSR count). The van der Waals surface area contributed by atoms with Gasteiger partial charge in [0, 0.05) is 28.6 Å². The SMILES string of the molecule is CC(C)(C)O.Cc1ccc(-c2nc3cc(C)c(CC(=O)O)c(-c4ccc(Cl)cc4)c3s2)nc1-c1ccc2c(cnn2C)c1. The van der Waals surface area contributed by atoms with E-state index in [1.807, 2.05) is 61.2 Å². The Bertz CT molecular complexity index is 1960. The third kappa shape index (κ3) is 6.77. The highest BCUT2D eigenvalue weighted by atomic mass is 35.5. The average Bonchev–Trinajstić information content (AvgIpc) is 3.52. The van der Waals surface area contributed by atoms with E-state index in [1.54, 1.807) is 20.8 Å². The fourth-order valence-corrected chi connectivity index (χ4v) is 6.13. The molecular formula is C34H33ClN4O3S. The number of thiazole rings is 1. The Kier molecular flexibility index (Phi) is 8.38. The van der Waals surface area contributed by atoms with Crippen molar-refractivity contribution in [3.63, 3.8) is 0 Å². The molecular weight excluding hydrogens is 580 g/mol. The molecule has 9 heteroatoms. The number of aliphatic hydroxyl groups is 1. The van der Waals surface area contributed by atoms with Crippen LogP contribution in [0.1, 0.15) is 37.5 Å². The number of hydrogen-bond donors (Lipinski definition) is 2. The van der Waals surface area contributed by atoms with Gasteiger partial charge >= 0.3 is 5.97 Å². The zero-order valence-electron chi connectivity index (χ0n) is 24.9. The van der Waals surface area contributed by atoms with Gasteiger partial charge in [0.1, 0.15) is 5.01 Å². The zero-order valence-corrected chi connectivity index (χ0v) is 26.5. The predicted octanol–water partition coefficient (Wildman–Crippen LogP) is 8.25. The fourth-order valence-electron chi connectivity index (χ4n) is 4.90. The largest absolute Gasteiger partial charge is 0.481 e. The van der Waals surface area contributed by atoms with Gasteiger partial charge in [0.15, 0.2) is 0 Å². The minimum Gasteiger partial charge on any atom is -0.481 e. The number of carbonyl (C=O) groups is 1. The summed E-state index contributed by atoms with van der Waals surface area (Å²) in [5, 5.41) is 25.0. The van der Waals surface area contributed by atoms with Gasteiger partial charge in [-0.1, -0.05) is 35.9 Å². The van der Waals surface area contributed by atoms with E-state index in [2.05, 4.69) is 36.3 Å². The molecule has 6 aromatic rings. The van der Waals surface area contributed by atoms with Gasteiger partial charge in [-0.2, -0.15) is 5.10 Å². The van der Waals surface area contributed by atoms with Crippen molar-refractivity contribution in [3.05, 3.63) is 88.6 Å². The number of halogens is 1. The first-order valence-electron chi connectivity index (χ1n) is 13.8. The van der Waals surface area contributed by atoms with E-state index in [0.717, 1.165) is 70.9 Å². The van der Waals surface area contributed by atoms with E-state index < -0.39 is 11.6 Å². The summed E-state index contributed by atoms with van der Waals surface area (Å²) in [5.41, 5.74) is 8.62. The number of pyridine rings is 1. The van der Waals surface area contributed by atoms with Gasteiger partial charge in [-0.3, -0.25) is 9.48 Å². The smallest absolute Gasteiger partial charge is 0.307 e. The molecule has 3 aromatic heterocycles. The van der Waals surface area contributed by atoms with Crippen molar-refractivity contribution in [3.8, 4) is 33.1 Å². The van der Waals surface area contributed by atoms with Crippen molar-refractivity contribution in [2.45, 2.75) is 46.6 Å². The van der Waals surface area contributed by atoms with Gasteiger partial charge in [-0.25, -0.2) is 9.97 Å². The van der Waals surface area contributed by atoms with Crippen molar-refractivity contribution in [1.82, 2.24) is 19.7 Å². The Morgan fingerprint density at radius 2 is 1.63 bits per heavy atom. The minimum absolute atomic E-state index is 0.0727. The van der Waals surface area contributed by atoms with E-state index in [0.29, 0.717) is 5.02 Å². The maximum Gasteiger partial charge on any atom is 0.307 e. The van der Waals surface area contributed by atoms with Crippen LogP contribution in [0.15, 0.2) is 66.9 Å². The van der Waals surface area contributed by atoms with Gasteiger partial charge in [0.05, 0.1) is 45.3 Å². The fraction of sp³-hybridized carbons (Fsp3) is 0.235. The summed E-state index contributed by atoms with van der Waals surface area (Å²) in [6.07, 6.45) is 1.79. The second-order valence-corrected chi connectivity index (χ2v) is 13.0. The zero-order chi connectivity index (χ0) is 31.1. The predicted molar refractivity (Wildman–Crippen MR) is 176 cm³/mol. The van der Waals surface area contributed by atoms with Crippen LogP contribution in [0.3, 0.4) is 0 Å². The van der Waals surface area contributed by atoms with Crippen LogP contribution in [-0.4, -0.2) is 41.5 Å². The van der Waals surface area contributed by atoms with Crippen LogP contribution in [-0.2, 0) is 18.3 Å². The van der Waals surface area contributed by atoms with Crippen LogP contribution in [0.5, 0.6) is 0 Å². The Labute approximate surface area is 259 Å². The summed E-state index contributed by atoms with van der Waals surface area (Å²) in [6, 6.07) is 19.8. The number of rotatable bonds is 5. The molecule has 3 heterocycles. The Hall–Kier alpha value is -4.11. The standard InChI is InChI=1S/C30H23ClN4O2S.C4H10O/c1-16-4-10-23(33-28(16)19-7-11-25-20(13-19)15-32-35(25)3)30-34-24-12-17(2)22(14-26(36)37)27(29(24)38-30)18-5-8-21(31)9-6-18;1-4(2,3)5/h4-13,15H,14H2,1-3H3,(H,36,37);5H,1-3H3. The van der Waals surface area contributed by atoms with E-state index >= 15 is 0 Å². The lowest BCUT2D eigenvalue weighted by Crippen LogP contribution is -2.10. The molecule has 0 fully saturated rings. The Balaban J connectivity index is 0.000000682. The van der Waals surface area contributed by atoms with Crippen LogP contribution in [0.2, 0.25) is 5.02 Å². The van der Waals surface area contributed by atoms with E-state index in [1.165, 1.54) is 11.3 Å². The van der Waals surface area contributed by atoms with Crippen molar-refractivity contribution >= 4 is 50.0 Å². The molecule has 0 saturated carbocycles. The molecule has 0 radical (unpaired) electrons. The highest BCUT2D eigenvalue weighted by Crippen LogP contribution is 2.41. The number of carboxylic acid groups (broad SMARTS) is 1. The van der Waals surface area contributed by atoms with Crippen LogP contribution in [0, 0.1) is 13.8 Å². The number of aliphatic carboxylic acids is 1. The first kappa shape index (κ1) is 30.4. The van der Waals surface area contributed by atoms with Gasteiger partial charge in [0.2, 0.25) is 0 Å². The number of fused-ring (bicyclic) bond motifs is 2. The average molecular weight is 613 g/mol. The first-order valence-corrected chi connectivity index (χ1v) is 15.0. The number of nitrogens with zero attached hydrogens (tertiary/aromatic N) is 4. The summed E-state index contributed by atoms with van der Waals surface area (Å²) in [6.45, 7) is 9.22. The maximum absolute atomic E-state index is 11.8. The molecule has 3 aromatic carbocycles. The van der Waals surface area contributed by atoms with Crippen LogP contribution in [0.4, 0.5) is 0 Å². The van der Waals surface area contributed by atoms with Gasteiger partial charge in [-0.05, 0) is 93.3 Å². The third-order valence-corrected chi connectivity index (χ3v) is 8.17. The number of aromatic nitrogens is 4. The molecule has 0 atom stereocenters. The summed E-state index contributed by atoms with van der Waals surface area (Å²) in [7, 11) is 1.93. The highest BCUT2D eigenvalue weighted by molar-refractivity contribution is 7.22. The van der Waals surface area contributed by atoms with Crippen molar-refractivity contribution in [2.24, 2.45) is 7.05 Å². The molecule has 0 unspecified atom stereocenters. The number of carboxylic acids is 1. The second kappa shape index (κ2) is 11.9. The lowest BCUT2D eigenvalue weighted by Gasteiger charge is -2.13. The summed E-state index contributed by atoms with van der Waals surface area (Å²) < 4.78 is 2.79. The molecule has 220 valence electrons. The van der Waals surface area contributed by atoms with Crippen molar-refractivity contribution < 1.29 is 15.0 Å². The maximum atomic E-state index is 11.8. The quantitative estimate of drug-likeness (QED) is 0.203. The van der Waals surface area contributed by atoms with Gasteiger partial charge in [0.25, 0.3) is 0 Å². The highest BCUT2D eigenvalue weighted by Gasteiger charge is 2.20. The molecule has 0 aliphatic rings. The molecule has 0 aliphatic heterocycles. The van der Waals surface area contributed by atoms with Crippen LogP contribution < -0.4 is 0 Å². The van der Waals surface area contributed by atoms with Crippen molar-refractivity contribution in [1.29, 1.82) is 0 Å². The molecule has 0 spiro atoms. The summed E-state index contributed by atoms with van der Waals surface area (Å²) in [5.74, 6) is -0.872. The van der Waals surface area contributed by atoms with E-state index in [4.69, 9.17) is 26.7 Å². The number of benzene rings is 3. The number of hydrogen-bond acceptors (Lipinski definition) is 6. The molecule has 7 nitrogen and oxygen atoms in total. The van der Waals surface area contributed by atoms with Gasteiger partial charge < -0.3 is 10.2 Å². The summed E-state index contributed by atoms with van der Waals surface area (Å²) >= 11 is 7.68. The molecule has 0 bridgehead atoms. The van der Waals surface area contributed by atoms with Crippen LogP contribution >= 0.6 is 22.9 Å². The van der Waals surface area contributed by atoms with E-state index in [9.17, 15) is 9.90 Å². The van der Waals surface area contributed by atoms with E-state index in [-0.39, 0.29) is 6.42 Å². The Morgan fingerprint density at radius 3 is 2.30 bits per heavy atom. The second-order valence-electron chi connectivity index (χ2n) is 11.6. The molecule has 0 aliphatic carbocycles. The number of aryl methyl sites for hydroxylation is 3. The molecule has 0 saturated heterocycles. The monoisotopic (exact) mass is 612 g/mol. The Morgan fingerprint density at radius 1 is 0.953 bits per heavy atom. The summed E-state index contributed by atoms with van der Waals surface area (Å²) in [4.78, 5) is 21.8. The van der Waals surface area contributed by atoms with Crippen molar-refractivity contribution in [2.75, 3.05) is 0 Å².